The standard InChI is InChI=1S/C16H23NO2S/c1-3-10-17-16(15(18)19,13-8-9-13)11-20-14-7-5-4-6-12(14)2/h4-7,13,17H,3,8-11H2,1-2H3,(H,18,19). The van der Waals surface area contributed by atoms with E-state index in [2.05, 4.69) is 31.3 Å². The number of hydrogen-bond donors (Lipinski definition) is 2. The number of rotatable bonds is 8. The first-order valence-electron chi connectivity index (χ1n) is 7.27. The molecule has 2 N–H and O–H groups in total. The van der Waals surface area contributed by atoms with E-state index in [1.165, 1.54) is 10.5 Å². The van der Waals surface area contributed by atoms with E-state index in [1.54, 1.807) is 11.8 Å². The number of aliphatic carboxylic acids is 1. The second-order valence-electron chi connectivity index (χ2n) is 5.53. The van der Waals surface area contributed by atoms with Crippen LogP contribution in [0.25, 0.3) is 0 Å². The Morgan fingerprint density at radius 1 is 1.45 bits per heavy atom. The average molecular weight is 293 g/mol. The number of benzene rings is 1. The van der Waals surface area contributed by atoms with Crippen molar-refractivity contribution in [1.29, 1.82) is 0 Å². The SMILES string of the molecule is CCCNC(CSc1ccccc1C)(C(=O)O)C1CC1. The third-order valence-electron chi connectivity index (χ3n) is 3.90. The zero-order chi connectivity index (χ0) is 14.6. The van der Waals surface area contributed by atoms with E-state index in [9.17, 15) is 9.90 Å². The molecule has 0 aliphatic heterocycles. The molecule has 1 aromatic rings. The minimum absolute atomic E-state index is 0.281. The summed E-state index contributed by atoms with van der Waals surface area (Å²) >= 11 is 1.66. The van der Waals surface area contributed by atoms with Gasteiger partial charge >= 0.3 is 5.97 Å². The smallest absolute Gasteiger partial charge is 0.325 e. The van der Waals surface area contributed by atoms with Crippen LogP contribution >= 0.6 is 11.8 Å². The van der Waals surface area contributed by atoms with Crippen LogP contribution in [0.3, 0.4) is 0 Å². The molecule has 1 aliphatic carbocycles. The predicted octanol–water partition coefficient (Wildman–Crippen LogP) is 3.32. The van der Waals surface area contributed by atoms with Gasteiger partial charge in [-0.15, -0.1) is 11.8 Å². The zero-order valence-electron chi connectivity index (χ0n) is 12.2. The lowest BCUT2D eigenvalue weighted by Gasteiger charge is -2.30. The van der Waals surface area contributed by atoms with Crippen LogP contribution in [0.2, 0.25) is 0 Å². The number of hydrogen-bond acceptors (Lipinski definition) is 3. The Labute approximate surface area is 125 Å². The van der Waals surface area contributed by atoms with E-state index >= 15 is 0 Å². The highest BCUT2D eigenvalue weighted by Crippen LogP contribution is 2.43. The monoisotopic (exact) mass is 293 g/mol. The molecule has 1 atom stereocenters. The maximum absolute atomic E-state index is 11.8. The van der Waals surface area contributed by atoms with Gasteiger partial charge in [-0.05, 0) is 50.3 Å². The van der Waals surface area contributed by atoms with Crippen molar-refractivity contribution in [3.05, 3.63) is 29.8 Å². The van der Waals surface area contributed by atoms with Gasteiger partial charge in [-0.1, -0.05) is 25.1 Å². The Morgan fingerprint density at radius 2 is 2.15 bits per heavy atom. The zero-order valence-corrected chi connectivity index (χ0v) is 13.0. The van der Waals surface area contributed by atoms with E-state index in [0.29, 0.717) is 5.75 Å². The first-order valence-corrected chi connectivity index (χ1v) is 8.25. The average Bonchev–Trinajstić information content (AvgIpc) is 3.25. The summed E-state index contributed by atoms with van der Waals surface area (Å²) in [5.74, 6) is 0.176. The minimum atomic E-state index is -0.761. The molecule has 2 rings (SSSR count). The van der Waals surface area contributed by atoms with Gasteiger partial charge < -0.3 is 10.4 Å². The molecule has 0 bridgehead atoms. The van der Waals surface area contributed by atoms with Crippen LogP contribution < -0.4 is 5.32 Å². The highest BCUT2D eigenvalue weighted by Gasteiger charge is 2.50. The van der Waals surface area contributed by atoms with E-state index in [-0.39, 0.29) is 5.92 Å². The molecule has 1 unspecified atom stereocenters. The normalized spacial score (nSPS) is 17.7. The van der Waals surface area contributed by atoms with Gasteiger partial charge in [0.15, 0.2) is 0 Å². The lowest BCUT2D eigenvalue weighted by Crippen LogP contribution is -2.56. The van der Waals surface area contributed by atoms with Crippen LogP contribution in [-0.2, 0) is 4.79 Å². The molecule has 0 spiro atoms. The van der Waals surface area contributed by atoms with Crippen LogP contribution in [0, 0.1) is 12.8 Å². The Morgan fingerprint density at radius 3 is 2.70 bits per heavy atom. The van der Waals surface area contributed by atoms with Crippen molar-refractivity contribution >= 4 is 17.7 Å². The number of carboxylic acid groups (broad SMARTS) is 1. The van der Waals surface area contributed by atoms with Crippen LogP contribution in [0.1, 0.15) is 31.7 Å². The lowest BCUT2D eigenvalue weighted by molar-refractivity contribution is -0.144. The topological polar surface area (TPSA) is 49.3 Å². The first-order chi connectivity index (χ1) is 9.60. The van der Waals surface area contributed by atoms with Crippen LogP contribution in [0.4, 0.5) is 0 Å². The molecular weight excluding hydrogens is 270 g/mol. The fourth-order valence-electron chi connectivity index (χ4n) is 2.46. The Balaban J connectivity index is 2.11. The van der Waals surface area contributed by atoms with E-state index < -0.39 is 11.5 Å². The van der Waals surface area contributed by atoms with Gasteiger partial charge in [-0.3, -0.25) is 4.79 Å². The Bertz CT molecular complexity index is 473. The number of aryl methyl sites for hydroxylation is 1. The molecule has 1 aliphatic rings. The molecule has 0 saturated heterocycles. The molecule has 1 saturated carbocycles. The highest BCUT2D eigenvalue weighted by molar-refractivity contribution is 7.99. The fraction of sp³-hybridized carbons (Fsp3) is 0.562. The summed E-state index contributed by atoms with van der Waals surface area (Å²) < 4.78 is 0. The number of thioether (sulfide) groups is 1. The van der Waals surface area contributed by atoms with E-state index in [4.69, 9.17) is 0 Å². The Kier molecular flexibility index (Phi) is 5.11. The summed E-state index contributed by atoms with van der Waals surface area (Å²) in [7, 11) is 0. The van der Waals surface area contributed by atoms with Gasteiger partial charge in [-0.2, -0.15) is 0 Å². The maximum Gasteiger partial charge on any atom is 0.325 e. The second-order valence-corrected chi connectivity index (χ2v) is 6.55. The molecule has 0 aromatic heterocycles. The number of nitrogens with one attached hydrogen (secondary N) is 1. The molecule has 110 valence electrons. The van der Waals surface area contributed by atoms with Crippen molar-refractivity contribution in [2.45, 2.75) is 43.5 Å². The highest BCUT2D eigenvalue weighted by atomic mass is 32.2. The van der Waals surface area contributed by atoms with Crippen molar-refractivity contribution in [3.63, 3.8) is 0 Å². The molecule has 0 amide bonds. The fourth-order valence-corrected chi connectivity index (χ4v) is 3.77. The predicted molar refractivity (Wildman–Crippen MR) is 83.3 cm³/mol. The first kappa shape index (κ1) is 15.4. The largest absolute Gasteiger partial charge is 0.480 e. The van der Waals surface area contributed by atoms with Crippen molar-refractivity contribution in [2.24, 2.45) is 5.92 Å². The number of carboxylic acids is 1. The Hall–Kier alpha value is -1.00. The molecule has 0 heterocycles. The van der Waals surface area contributed by atoms with Gasteiger partial charge in [0.1, 0.15) is 5.54 Å². The summed E-state index contributed by atoms with van der Waals surface area (Å²) in [5, 5.41) is 13.0. The van der Waals surface area contributed by atoms with Crippen LogP contribution in [-0.4, -0.2) is 28.9 Å². The third kappa shape index (κ3) is 3.36. The molecular formula is C16H23NO2S. The summed E-state index contributed by atoms with van der Waals surface area (Å²) in [6, 6.07) is 8.16. The third-order valence-corrected chi connectivity index (χ3v) is 5.26. The van der Waals surface area contributed by atoms with Crippen LogP contribution in [0.15, 0.2) is 29.2 Å². The lowest BCUT2D eigenvalue weighted by atomic mass is 9.95. The van der Waals surface area contributed by atoms with Crippen molar-refractivity contribution in [3.8, 4) is 0 Å². The van der Waals surface area contributed by atoms with Crippen molar-refractivity contribution < 1.29 is 9.90 Å². The summed E-state index contributed by atoms with van der Waals surface area (Å²) in [4.78, 5) is 13.0. The molecule has 1 aromatic carbocycles. The molecule has 1 fully saturated rings. The summed E-state index contributed by atoms with van der Waals surface area (Å²) in [6.07, 6.45) is 3.01. The summed E-state index contributed by atoms with van der Waals surface area (Å²) in [5.41, 5.74) is 0.450. The van der Waals surface area contributed by atoms with Crippen LogP contribution in [0.5, 0.6) is 0 Å². The van der Waals surface area contributed by atoms with Crippen molar-refractivity contribution in [1.82, 2.24) is 5.32 Å². The summed E-state index contributed by atoms with van der Waals surface area (Å²) in [6.45, 7) is 4.90. The molecule has 20 heavy (non-hydrogen) atoms. The van der Waals surface area contributed by atoms with Gasteiger partial charge in [0, 0.05) is 10.6 Å². The number of carbonyl (C=O) groups is 1. The maximum atomic E-state index is 11.8. The quantitative estimate of drug-likeness (QED) is 0.722. The second kappa shape index (κ2) is 6.64. The molecule has 0 radical (unpaired) electrons. The van der Waals surface area contributed by atoms with Gasteiger partial charge in [0.05, 0.1) is 0 Å². The van der Waals surface area contributed by atoms with Crippen molar-refractivity contribution in [2.75, 3.05) is 12.3 Å². The van der Waals surface area contributed by atoms with Gasteiger partial charge in [-0.25, -0.2) is 0 Å². The molecule has 4 heteroatoms. The minimum Gasteiger partial charge on any atom is -0.480 e. The molecule has 3 nitrogen and oxygen atoms in total. The van der Waals surface area contributed by atoms with Gasteiger partial charge in [0.2, 0.25) is 0 Å². The van der Waals surface area contributed by atoms with E-state index in [0.717, 1.165) is 25.8 Å². The van der Waals surface area contributed by atoms with Gasteiger partial charge in [0.25, 0.3) is 0 Å². The van der Waals surface area contributed by atoms with E-state index in [1.807, 2.05) is 12.1 Å².